The Bertz CT molecular complexity index is 213. The Kier molecular flexibility index (Phi) is 2.26. The molecule has 2 heteroatoms. The van der Waals surface area contributed by atoms with Crippen molar-refractivity contribution < 1.29 is 0 Å². The van der Waals surface area contributed by atoms with Crippen molar-refractivity contribution in [2.75, 3.05) is 0 Å². The van der Waals surface area contributed by atoms with Crippen LogP contribution in [-0.4, -0.2) is 9.55 Å². The Balaban J connectivity index is 2.56. The van der Waals surface area contributed by atoms with Crippen LogP contribution in [0.25, 0.3) is 0 Å². The summed E-state index contributed by atoms with van der Waals surface area (Å²) in [5.74, 6) is 1.07. The normalized spacial score (nSPS) is 9.70. The van der Waals surface area contributed by atoms with Gasteiger partial charge in [0.25, 0.3) is 0 Å². The number of nitrogens with zero attached hydrogens (tertiary/aromatic N) is 2. The molecule has 0 aliphatic carbocycles. The predicted octanol–water partition coefficient (Wildman–Crippen LogP) is 1.77. The average molecular weight is 136 g/mol. The molecule has 1 aromatic rings. The van der Waals surface area contributed by atoms with Gasteiger partial charge in [-0.3, -0.25) is 0 Å². The van der Waals surface area contributed by atoms with Crippen LogP contribution in [0.4, 0.5) is 0 Å². The first-order valence-electron chi connectivity index (χ1n) is 3.43. The SMILES string of the molecule is C=CCCn1ccnc1C. The molecule has 0 atom stereocenters. The van der Waals surface area contributed by atoms with Gasteiger partial charge in [-0.1, -0.05) is 6.08 Å². The maximum Gasteiger partial charge on any atom is 0.105 e. The van der Waals surface area contributed by atoms with E-state index in [2.05, 4.69) is 16.1 Å². The predicted molar refractivity (Wildman–Crippen MR) is 41.8 cm³/mol. The van der Waals surface area contributed by atoms with Crippen LogP contribution < -0.4 is 0 Å². The van der Waals surface area contributed by atoms with Gasteiger partial charge in [-0.25, -0.2) is 4.98 Å². The van der Waals surface area contributed by atoms with Crippen molar-refractivity contribution in [3.05, 3.63) is 30.9 Å². The van der Waals surface area contributed by atoms with Crippen molar-refractivity contribution >= 4 is 0 Å². The highest BCUT2D eigenvalue weighted by Crippen LogP contribution is 1.96. The molecular weight excluding hydrogens is 124 g/mol. The molecule has 0 N–H and O–H groups in total. The highest BCUT2D eigenvalue weighted by Gasteiger charge is 1.92. The first kappa shape index (κ1) is 7.06. The first-order valence-corrected chi connectivity index (χ1v) is 3.43. The molecule has 1 rings (SSSR count). The van der Waals surface area contributed by atoms with Crippen LogP contribution in [-0.2, 0) is 6.54 Å². The molecule has 0 aromatic carbocycles. The van der Waals surface area contributed by atoms with Crippen LogP contribution in [0.5, 0.6) is 0 Å². The van der Waals surface area contributed by atoms with Crippen LogP contribution in [0.1, 0.15) is 12.2 Å². The van der Waals surface area contributed by atoms with E-state index in [-0.39, 0.29) is 0 Å². The monoisotopic (exact) mass is 136 g/mol. The topological polar surface area (TPSA) is 17.8 Å². The molecule has 2 nitrogen and oxygen atoms in total. The second-order valence-corrected chi connectivity index (χ2v) is 2.25. The number of aromatic nitrogens is 2. The van der Waals surface area contributed by atoms with Crippen molar-refractivity contribution in [3.8, 4) is 0 Å². The second kappa shape index (κ2) is 3.20. The van der Waals surface area contributed by atoms with E-state index in [1.807, 2.05) is 25.4 Å². The lowest BCUT2D eigenvalue weighted by Gasteiger charge is -1.99. The van der Waals surface area contributed by atoms with Gasteiger partial charge in [-0.15, -0.1) is 6.58 Å². The van der Waals surface area contributed by atoms with E-state index in [0.29, 0.717) is 0 Å². The molecule has 0 saturated heterocycles. The van der Waals surface area contributed by atoms with E-state index in [1.165, 1.54) is 0 Å². The van der Waals surface area contributed by atoms with Crippen molar-refractivity contribution in [2.45, 2.75) is 19.9 Å². The number of hydrogen-bond acceptors (Lipinski definition) is 1. The summed E-state index contributed by atoms with van der Waals surface area (Å²) in [5, 5.41) is 0. The highest BCUT2D eigenvalue weighted by molar-refractivity contribution is 4.88. The molecule has 0 aliphatic rings. The van der Waals surface area contributed by atoms with Crippen molar-refractivity contribution in [3.63, 3.8) is 0 Å². The van der Waals surface area contributed by atoms with Gasteiger partial charge < -0.3 is 4.57 Å². The number of imidazole rings is 1. The van der Waals surface area contributed by atoms with Gasteiger partial charge in [0.15, 0.2) is 0 Å². The lowest BCUT2D eigenvalue weighted by Crippen LogP contribution is -1.97. The van der Waals surface area contributed by atoms with Gasteiger partial charge in [-0.05, 0) is 13.3 Å². The van der Waals surface area contributed by atoms with E-state index < -0.39 is 0 Å². The Morgan fingerprint density at radius 2 is 2.60 bits per heavy atom. The van der Waals surface area contributed by atoms with Gasteiger partial charge in [-0.2, -0.15) is 0 Å². The zero-order valence-electron chi connectivity index (χ0n) is 6.25. The summed E-state index contributed by atoms with van der Waals surface area (Å²) in [7, 11) is 0. The number of hydrogen-bond donors (Lipinski definition) is 0. The number of aryl methyl sites for hydroxylation is 2. The largest absolute Gasteiger partial charge is 0.335 e. The number of allylic oxidation sites excluding steroid dienone is 1. The molecule has 0 aliphatic heterocycles. The van der Waals surface area contributed by atoms with E-state index in [1.54, 1.807) is 0 Å². The molecule has 0 radical (unpaired) electrons. The third kappa shape index (κ3) is 1.47. The minimum Gasteiger partial charge on any atom is -0.335 e. The van der Waals surface area contributed by atoms with Gasteiger partial charge in [0.2, 0.25) is 0 Å². The van der Waals surface area contributed by atoms with Gasteiger partial charge >= 0.3 is 0 Å². The number of rotatable bonds is 3. The second-order valence-electron chi connectivity index (χ2n) is 2.25. The first-order chi connectivity index (χ1) is 4.84. The maximum atomic E-state index is 4.10. The fourth-order valence-electron chi connectivity index (χ4n) is 0.870. The molecule has 0 unspecified atom stereocenters. The van der Waals surface area contributed by atoms with Crippen LogP contribution >= 0.6 is 0 Å². The zero-order valence-corrected chi connectivity index (χ0v) is 6.25. The minimum atomic E-state index is 0.995. The smallest absolute Gasteiger partial charge is 0.105 e. The third-order valence-corrected chi connectivity index (χ3v) is 1.50. The van der Waals surface area contributed by atoms with Crippen molar-refractivity contribution in [2.24, 2.45) is 0 Å². The lowest BCUT2D eigenvalue weighted by molar-refractivity contribution is 0.685. The highest BCUT2D eigenvalue weighted by atomic mass is 15.0. The summed E-state index contributed by atoms with van der Waals surface area (Å²) in [6, 6.07) is 0. The summed E-state index contributed by atoms with van der Waals surface area (Å²) in [6.45, 7) is 6.65. The van der Waals surface area contributed by atoms with Gasteiger partial charge in [0.1, 0.15) is 5.82 Å². The molecule has 10 heavy (non-hydrogen) atoms. The van der Waals surface area contributed by atoms with Crippen LogP contribution in [0.15, 0.2) is 25.0 Å². The molecule has 0 fully saturated rings. The summed E-state index contributed by atoms with van der Waals surface area (Å²) in [4.78, 5) is 4.10. The Labute approximate surface area is 61.2 Å². The molecule has 0 bridgehead atoms. The van der Waals surface area contributed by atoms with E-state index in [0.717, 1.165) is 18.8 Å². The summed E-state index contributed by atoms with van der Waals surface area (Å²) in [6.07, 6.45) is 6.73. The fraction of sp³-hybridized carbons (Fsp3) is 0.375. The molecular formula is C8H12N2. The molecule has 0 amide bonds. The average Bonchev–Trinajstić information content (AvgIpc) is 2.31. The van der Waals surface area contributed by atoms with Crippen LogP contribution in [0.2, 0.25) is 0 Å². The van der Waals surface area contributed by atoms with E-state index in [4.69, 9.17) is 0 Å². The fourth-order valence-corrected chi connectivity index (χ4v) is 0.870. The summed E-state index contributed by atoms with van der Waals surface area (Å²) < 4.78 is 2.11. The van der Waals surface area contributed by atoms with Crippen LogP contribution in [0.3, 0.4) is 0 Å². The molecule has 1 aromatic heterocycles. The van der Waals surface area contributed by atoms with Crippen LogP contribution in [0, 0.1) is 6.92 Å². The summed E-state index contributed by atoms with van der Waals surface area (Å²) in [5.41, 5.74) is 0. The Morgan fingerprint density at radius 3 is 3.10 bits per heavy atom. The zero-order chi connectivity index (χ0) is 7.40. The third-order valence-electron chi connectivity index (χ3n) is 1.50. The van der Waals surface area contributed by atoms with Gasteiger partial charge in [0, 0.05) is 18.9 Å². The maximum absolute atomic E-state index is 4.10. The van der Waals surface area contributed by atoms with E-state index in [9.17, 15) is 0 Å². The minimum absolute atomic E-state index is 0.995. The molecule has 1 heterocycles. The van der Waals surface area contributed by atoms with E-state index >= 15 is 0 Å². The standard InChI is InChI=1S/C8H12N2/c1-3-4-6-10-7-5-9-8(10)2/h3,5,7H,1,4,6H2,2H3. The Hall–Kier alpha value is -1.05. The lowest BCUT2D eigenvalue weighted by atomic mass is 10.4. The summed E-state index contributed by atoms with van der Waals surface area (Å²) >= 11 is 0. The van der Waals surface area contributed by atoms with Crippen molar-refractivity contribution in [1.82, 2.24) is 9.55 Å². The quantitative estimate of drug-likeness (QED) is 0.579. The van der Waals surface area contributed by atoms with Gasteiger partial charge in [0.05, 0.1) is 0 Å². The van der Waals surface area contributed by atoms with Crippen molar-refractivity contribution in [1.29, 1.82) is 0 Å². The molecule has 54 valence electrons. The molecule has 0 spiro atoms. The molecule has 0 saturated carbocycles. The Morgan fingerprint density at radius 1 is 1.80 bits per heavy atom.